The first-order valence-corrected chi connectivity index (χ1v) is 7.16. The largest absolute Gasteiger partial charge is 0.264 e. The van der Waals surface area contributed by atoms with Crippen LogP contribution in [0.2, 0.25) is 0 Å². The van der Waals surface area contributed by atoms with Crippen molar-refractivity contribution in [2.45, 2.75) is 57.8 Å². The van der Waals surface area contributed by atoms with E-state index in [9.17, 15) is 0 Å². The van der Waals surface area contributed by atoms with Crippen LogP contribution in [-0.4, -0.2) is 4.98 Å². The zero-order valence-electron chi connectivity index (χ0n) is 10.8. The van der Waals surface area contributed by atoms with Gasteiger partial charge in [-0.3, -0.25) is 4.98 Å². The molecule has 1 saturated carbocycles. The van der Waals surface area contributed by atoms with E-state index in [1.807, 2.05) is 18.5 Å². The predicted molar refractivity (Wildman–Crippen MR) is 72.7 cm³/mol. The zero-order valence-corrected chi connectivity index (χ0v) is 10.8. The Labute approximate surface area is 106 Å². The van der Waals surface area contributed by atoms with Crippen molar-refractivity contribution in [2.24, 2.45) is 5.92 Å². The number of aromatic nitrogens is 1. The summed E-state index contributed by atoms with van der Waals surface area (Å²) in [5.41, 5.74) is 1.36. The molecule has 0 amide bonds. The minimum Gasteiger partial charge on any atom is -0.264 e. The smallest absolute Gasteiger partial charge is 0.0299 e. The minimum atomic E-state index is 1.03. The minimum absolute atomic E-state index is 1.03. The molecular weight excluding hydrogens is 206 g/mol. The lowest BCUT2D eigenvalue weighted by Gasteiger charge is -2.21. The first kappa shape index (κ1) is 12.6. The Morgan fingerprint density at radius 1 is 1.18 bits per heavy atom. The van der Waals surface area contributed by atoms with Crippen LogP contribution >= 0.6 is 0 Å². The van der Waals surface area contributed by atoms with Crippen molar-refractivity contribution in [1.29, 1.82) is 0 Å². The highest BCUT2D eigenvalue weighted by molar-refractivity contribution is 5.08. The van der Waals surface area contributed by atoms with Crippen LogP contribution in [0.3, 0.4) is 0 Å². The molecule has 1 radical (unpaired) electrons. The van der Waals surface area contributed by atoms with Gasteiger partial charge < -0.3 is 0 Å². The van der Waals surface area contributed by atoms with Crippen LogP contribution in [0, 0.1) is 12.3 Å². The molecule has 1 aliphatic carbocycles. The second kappa shape index (κ2) is 7.47. The van der Waals surface area contributed by atoms with Gasteiger partial charge in [-0.1, -0.05) is 44.6 Å². The van der Waals surface area contributed by atoms with Gasteiger partial charge in [0, 0.05) is 12.4 Å². The van der Waals surface area contributed by atoms with Crippen molar-refractivity contribution in [3.8, 4) is 0 Å². The molecule has 17 heavy (non-hydrogen) atoms. The molecule has 1 fully saturated rings. The van der Waals surface area contributed by atoms with Crippen LogP contribution in [0.25, 0.3) is 0 Å². The van der Waals surface area contributed by atoms with Crippen molar-refractivity contribution < 1.29 is 0 Å². The topological polar surface area (TPSA) is 12.9 Å². The second-order valence-electron chi connectivity index (χ2n) is 5.27. The highest BCUT2D eigenvalue weighted by atomic mass is 14.6. The van der Waals surface area contributed by atoms with E-state index in [4.69, 9.17) is 0 Å². The third-order valence-corrected chi connectivity index (χ3v) is 3.86. The van der Waals surface area contributed by atoms with Crippen molar-refractivity contribution in [2.75, 3.05) is 0 Å². The summed E-state index contributed by atoms with van der Waals surface area (Å²) in [4.78, 5) is 4.14. The monoisotopic (exact) mass is 230 g/mol. The van der Waals surface area contributed by atoms with E-state index in [0.29, 0.717) is 0 Å². The highest BCUT2D eigenvalue weighted by Crippen LogP contribution is 2.27. The van der Waals surface area contributed by atoms with Gasteiger partial charge in [0.25, 0.3) is 0 Å². The maximum Gasteiger partial charge on any atom is 0.0299 e. The van der Waals surface area contributed by atoms with E-state index < -0.39 is 0 Å². The maximum absolute atomic E-state index is 4.14. The normalized spacial score (nSPS) is 17.2. The Balaban J connectivity index is 1.51. The fraction of sp³-hybridized carbons (Fsp3) is 0.625. The molecule has 1 heteroatoms. The number of hydrogen-bond acceptors (Lipinski definition) is 1. The number of rotatable bonds is 6. The standard InChI is InChI=1S/C16H24N/c1-3-8-15(9-4-1)10-5-2-6-11-16-12-7-13-17-14-16/h2,7,12-15H,1,3-6,8-11H2. The lowest BCUT2D eigenvalue weighted by atomic mass is 9.85. The van der Waals surface area contributed by atoms with Crippen LogP contribution < -0.4 is 0 Å². The fourth-order valence-electron chi connectivity index (χ4n) is 2.79. The summed E-state index contributed by atoms with van der Waals surface area (Å²) in [7, 11) is 0. The molecule has 0 aliphatic heterocycles. The van der Waals surface area contributed by atoms with Gasteiger partial charge in [0.2, 0.25) is 0 Å². The van der Waals surface area contributed by atoms with Gasteiger partial charge in [0.1, 0.15) is 0 Å². The molecule has 1 aromatic rings. The van der Waals surface area contributed by atoms with Gasteiger partial charge in [-0.2, -0.15) is 0 Å². The summed E-state index contributed by atoms with van der Waals surface area (Å²) in [6.45, 7) is 0. The first-order chi connectivity index (χ1) is 8.45. The molecule has 1 aromatic heterocycles. The van der Waals surface area contributed by atoms with Crippen LogP contribution in [0.4, 0.5) is 0 Å². The van der Waals surface area contributed by atoms with Crippen molar-refractivity contribution in [3.05, 3.63) is 36.5 Å². The molecule has 0 unspecified atom stereocenters. The summed E-state index contributed by atoms with van der Waals surface area (Å²) in [5, 5.41) is 0. The Morgan fingerprint density at radius 3 is 2.82 bits per heavy atom. The summed E-state index contributed by atoms with van der Waals surface area (Å²) in [5.74, 6) is 1.03. The van der Waals surface area contributed by atoms with Gasteiger partial charge in [0.15, 0.2) is 0 Å². The molecule has 0 bridgehead atoms. The van der Waals surface area contributed by atoms with E-state index in [1.165, 1.54) is 56.9 Å². The number of nitrogens with zero attached hydrogens (tertiary/aromatic N) is 1. The van der Waals surface area contributed by atoms with E-state index in [2.05, 4.69) is 17.5 Å². The van der Waals surface area contributed by atoms with Crippen molar-refractivity contribution in [1.82, 2.24) is 4.98 Å². The van der Waals surface area contributed by atoms with Gasteiger partial charge in [-0.05, 0) is 43.2 Å². The van der Waals surface area contributed by atoms with E-state index in [0.717, 1.165) is 12.3 Å². The van der Waals surface area contributed by atoms with E-state index in [1.54, 1.807) is 0 Å². The zero-order chi connectivity index (χ0) is 11.8. The summed E-state index contributed by atoms with van der Waals surface area (Å²) in [6, 6.07) is 4.19. The van der Waals surface area contributed by atoms with Crippen molar-refractivity contribution in [3.63, 3.8) is 0 Å². The molecule has 93 valence electrons. The Bertz CT molecular complexity index is 288. The van der Waals surface area contributed by atoms with Gasteiger partial charge in [-0.25, -0.2) is 0 Å². The molecule has 0 saturated heterocycles. The summed E-state index contributed by atoms with van der Waals surface area (Å²) >= 11 is 0. The van der Waals surface area contributed by atoms with Gasteiger partial charge in [0.05, 0.1) is 0 Å². The number of hydrogen-bond donors (Lipinski definition) is 0. The molecule has 0 N–H and O–H groups in total. The lowest BCUT2D eigenvalue weighted by molar-refractivity contribution is 0.337. The average Bonchev–Trinajstić information content (AvgIpc) is 2.41. The quantitative estimate of drug-likeness (QED) is 0.652. The summed E-state index contributed by atoms with van der Waals surface area (Å²) < 4.78 is 0. The molecule has 1 aliphatic rings. The highest BCUT2D eigenvalue weighted by Gasteiger charge is 2.12. The van der Waals surface area contributed by atoms with Crippen LogP contribution in [0.15, 0.2) is 24.5 Å². The molecule has 0 aromatic carbocycles. The molecule has 0 spiro atoms. The first-order valence-electron chi connectivity index (χ1n) is 7.16. The Morgan fingerprint density at radius 2 is 2.06 bits per heavy atom. The predicted octanol–water partition coefficient (Wildman–Crippen LogP) is 4.58. The molecule has 1 heterocycles. The Hall–Kier alpha value is -0.850. The number of unbranched alkanes of at least 4 members (excludes halogenated alkanes) is 2. The molecular formula is C16H24N. The molecule has 2 rings (SSSR count). The fourth-order valence-corrected chi connectivity index (χ4v) is 2.79. The SMILES string of the molecule is [CH](CCc1cccnc1)CCC1CCCCC1. The summed E-state index contributed by atoms with van der Waals surface area (Å²) in [6.07, 6.45) is 18.8. The third-order valence-electron chi connectivity index (χ3n) is 3.86. The lowest BCUT2D eigenvalue weighted by Crippen LogP contribution is -2.05. The second-order valence-corrected chi connectivity index (χ2v) is 5.27. The Kier molecular flexibility index (Phi) is 5.54. The average molecular weight is 230 g/mol. The van der Waals surface area contributed by atoms with Crippen LogP contribution in [-0.2, 0) is 6.42 Å². The third kappa shape index (κ3) is 4.89. The number of aryl methyl sites for hydroxylation is 1. The van der Waals surface area contributed by atoms with Crippen molar-refractivity contribution >= 4 is 0 Å². The van der Waals surface area contributed by atoms with Gasteiger partial charge >= 0.3 is 0 Å². The van der Waals surface area contributed by atoms with E-state index in [-0.39, 0.29) is 0 Å². The number of pyridine rings is 1. The maximum atomic E-state index is 4.14. The van der Waals surface area contributed by atoms with Gasteiger partial charge in [-0.15, -0.1) is 0 Å². The van der Waals surface area contributed by atoms with Crippen LogP contribution in [0.1, 0.15) is 56.9 Å². The molecule has 1 nitrogen and oxygen atoms in total. The molecule has 0 atom stereocenters. The van der Waals surface area contributed by atoms with Crippen LogP contribution in [0.5, 0.6) is 0 Å². The van der Waals surface area contributed by atoms with E-state index >= 15 is 0 Å².